The zero-order valence-electron chi connectivity index (χ0n) is 14.9. The molecule has 2 aromatic heterocycles. The minimum atomic E-state index is -0.0727. The fraction of sp³-hybridized carbons (Fsp3) is 0.765. The van der Waals surface area contributed by atoms with Crippen LogP contribution < -0.4 is 5.32 Å². The number of aromatic nitrogens is 6. The van der Waals surface area contributed by atoms with Crippen molar-refractivity contribution in [1.82, 2.24) is 30.4 Å². The molecular weight excluding hydrogens is 350 g/mol. The topological polar surface area (TPSA) is 98.5 Å². The van der Waals surface area contributed by atoms with Gasteiger partial charge in [-0.3, -0.25) is 4.79 Å². The van der Waals surface area contributed by atoms with E-state index in [-0.39, 0.29) is 11.3 Å². The monoisotopic (exact) mass is 375 g/mol. The zero-order chi connectivity index (χ0) is 17.8. The summed E-state index contributed by atoms with van der Waals surface area (Å²) in [6.45, 7) is 0.691. The number of tetrazole rings is 1. The van der Waals surface area contributed by atoms with E-state index >= 15 is 0 Å². The van der Waals surface area contributed by atoms with Crippen LogP contribution in [0.3, 0.4) is 0 Å². The van der Waals surface area contributed by atoms with Gasteiger partial charge in [0.2, 0.25) is 11.0 Å². The van der Waals surface area contributed by atoms with Crippen LogP contribution >= 0.6 is 11.3 Å². The first-order valence-corrected chi connectivity index (χ1v) is 10.4. The molecule has 2 aromatic rings. The van der Waals surface area contributed by atoms with Gasteiger partial charge < -0.3 is 5.32 Å². The largest absolute Gasteiger partial charge is 0.301 e. The highest BCUT2D eigenvalue weighted by Gasteiger charge is 2.35. The van der Waals surface area contributed by atoms with E-state index in [0.717, 1.165) is 30.7 Å². The molecule has 2 saturated carbocycles. The predicted molar refractivity (Wildman–Crippen MR) is 97.7 cm³/mol. The summed E-state index contributed by atoms with van der Waals surface area (Å²) in [7, 11) is 0. The van der Waals surface area contributed by atoms with E-state index in [9.17, 15) is 4.79 Å². The first kappa shape index (κ1) is 17.5. The summed E-state index contributed by atoms with van der Waals surface area (Å²) in [6, 6.07) is 0. The molecule has 2 aliphatic carbocycles. The van der Waals surface area contributed by atoms with Gasteiger partial charge in [-0.15, -0.1) is 15.3 Å². The number of hydrogen-bond donors (Lipinski definition) is 1. The molecule has 2 aliphatic rings. The van der Waals surface area contributed by atoms with Gasteiger partial charge >= 0.3 is 0 Å². The van der Waals surface area contributed by atoms with E-state index in [1.807, 2.05) is 0 Å². The molecule has 0 spiro atoms. The molecule has 140 valence electrons. The van der Waals surface area contributed by atoms with Crippen LogP contribution in [0, 0.1) is 5.41 Å². The third-order valence-corrected chi connectivity index (χ3v) is 6.73. The molecule has 9 heteroatoms. The number of nitrogens with one attached hydrogen (secondary N) is 1. The Labute approximate surface area is 156 Å². The van der Waals surface area contributed by atoms with Crippen molar-refractivity contribution in [2.75, 3.05) is 5.32 Å². The molecule has 2 fully saturated rings. The molecule has 0 aromatic carbocycles. The molecule has 1 N–H and O–H groups in total. The summed E-state index contributed by atoms with van der Waals surface area (Å²) in [5.41, 5.74) is -0.0727. The number of anilines is 1. The van der Waals surface area contributed by atoms with Crippen LogP contribution in [0.4, 0.5) is 5.13 Å². The highest BCUT2D eigenvalue weighted by molar-refractivity contribution is 7.15. The second kappa shape index (κ2) is 7.77. The summed E-state index contributed by atoms with van der Waals surface area (Å²) in [5.74, 6) is 0.553. The number of carbonyl (C=O) groups excluding carboxylic acids is 1. The average molecular weight is 376 g/mol. The van der Waals surface area contributed by atoms with Crippen LogP contribution in [-0.4, -0.2) is 36.3 Å². The maximum Gasteiger partial charge on any atom is 0.226 e. The Kier molecular flexibility index (Phi) is 5.23. The molecule has 0 aliphatic heterocycles. The van der Waals surface area contributed by atoms with E-state index in [1.54, 1.807) is 11.0 Å². The summed E-state index contributed by atoms with van der Waals surface area (Å²) in [5, 5.41) is 24.6. The van der Waals surface area contributed by atoms with Crippen molar-refractivity contribution in [3.63, 3.8) is 0 Å². The predicted octanol–water partition coefficient (Wildman–Crippen LogP) is 3.16. The van der Waals surface area contributed by atoms with Crippen molar-refractivity contribution >= 4 is 22.4 Å². The molecule has 0 unspecified atom stereocenters. The van der Waals surface area contributed by atoms with Crippen LogP contribution in [0.2, 0.25) is 0 Å². The molecule has 1 amide bonds. The van der Waals surface area contributed by atoms with E-state index in [4.69, 9.17) is 0 Å². The van der Waals surface area contributed by atoms with Crippen molar-refractivity contribution in [3.8, 4) is 0 Å². The van der Waals surface area contributed by atoms with Crippen LogP contribution in [0.25, 0.3) is 0 Å². The smallest absolute Gasteiger partial charge is 0.226 e. The first-order valence-electron chi connectivity index (χ1n) is 9.57. The number of amides is 1. The second-order valence-electron chi connectivity index (χ2n) is 7.72. The molecule has 2 heterocycles. The molecule has 8 nitrogen and oxygen atoms in total. The normalized spacial score (nSPS) is 20.3. The van der Waals surface area contributed by atoms with Gasteiger partial charge in [-0.25, -0.2) is 4.68 Å². The highest BCUT2D eigenvalue weighted by Crippen LogP contribution is 2.41. The molecule has 0 bridgehead atoms. The van der Waals surface area contributed by atoms with E-state index < -0.39 is 0 Å². The van der Waals surface area contributed by atoms with Crippen LogP contribution in [0.1, 0.15) is 75.1 Å². The van der Waals surface area contributed by atoms with Crippen LogP contribution in [0.5, 0.6) is 0 Å². The van der Waals surface area contributed by atoms with Gasteiger partial charge in [0.05, 0.1) is 6.54 Å². The first-order chi connectivity index (χ1) is 12.7. The molecular formula is C17H25N7OS. The summed E-state index contributed by atoms with van der Waals surface area (Å²) < 4.78 is 1.75. The average Bonchev–Trinajstić information content (AvgIpc) is 3.37. The molecule has 0 saturated heterocycles. The lowest BCUT2D eigenvalue weighted by Gasteiger charge is -2.36. The van der Waals surface area contributed by atoms with Crippen molar-refractivity contribution in [1.29, 1.82) is 0 Å². The number of carbonyl (C=O) groups is 1. The fourth-order valence-electron chi connectivity index (χ4n) is 4.42. The standard InChI is InChI=1S/C17H25N7OS/c25-14(19-16-21-20-15(26-16)13-6-2-3-7-13)10-17(8-4-1-5-9-17)11-24-12-18-22-23-24/h12-13H,1-11H2,(H,19,21,25). The van der Waals surface area contributed by atoms with Crippen LogP contribution in [0.15, 0.2) is 6.33 Å². The quantitative estimate of drug-likeness (QED) is 0.833. The lowest BCUT2D eigenvalue weighted by Crippen LogP contribution is -2.34. The number of hydrogen-bond acceptors (Lipinski definition) is 7. The van der Waals surface area contributed by atoms with Gasteiger partial charge in [0, 0.05) is 12.3 Å². The third kappa shape index (κ3) is 4.08. The summed E-state index contributed by atoms with van der Waals surface area (Å²) >= 11 is 1.53. The SMILES string of the molecule is O=C(CC1(Cn2cnnn2)CCCCC1)Nc1nnc(C2CCCC2)s1. The van der Waals surface area contributed by atoms with Gasteiger partial charge in [0.15, 0.2) is 0 Å². The zero-order valence-corrected chi connectivity index (χ0v) is 15.7. The lowest BCUT2D eigenvalue weighted by molar-refractivity contribution is -0.119. The van der Waals surface area contributed by atoms with Gasteiger partial charge in [-0.1, -0.05) is 43.4 Å². The molecule has 4 rings (SSSR count). The minimum Gasteiger partial charge on any atom is -0.301 e. The Hall–Kier alpha value is -1.90. The van der Waals surface area contributed by atoms with Crippen molar-refractivity contribution in [2.24, 2.45) is 5.41 Å². The van der Waals surface area contributed by atoms with Gasteiger partial charge in [-0.2, -0.15) is 0 Å². The fourth-order valence-corrected chi connectivity index (χ4v) is 5.34. The Balaban J connectivity index is 1.40. The molecule has 0 atom stereocenters. The number of rotatable bonds is 6. The van der Waals surface area contributed by atoms with Gasteiger partial charge in [0.1, 0.15) is 11.3 Å². The van der Waals surface area contributed by atoms with E-state index in [0.29, 0.717) is 24.0 Å². The maximum atomic E-state index is 12.7. The Bertz CT molecular complexity index is 717. The highest BCUT2D eigenvalue weighted by atomic mass is 32.1. The van der Waals surface area contributed by atoms with Gasteiger partial charge in [0.25, 0.3) is 0 Å². The summed E-state index contributed by atoms with van der Waals surface area (Å²) in [4.78, 5) is 12.7. The number of nitrogens with zero attached hydrogens (tertiary/aromatic N) is 6. The minimum absolute atomic E-state index is 0.0223. The summed E-state index contributed by atoms with van der Waals surface area (Å²) in [6.07, 6.45) is 12.6. The molecule has 26 heavy (non-hydrogen) atoms. The van der Waals surface area contributed by atoms with Gasteiger partial charge in [-0.05, 0) is 41.5 Å². The third-order valence-electron chi connectivity index (χ3n) is 5.73. The molecule has 0 radical (unpaired) electrons. The van der Waals surface area contributed by atoms with E-state index in [1.165, 1.54) is 43.4 Å². The Morgan fingerprint density at radius 2 is 2.00 bits per heavy atom. The van der Waals surface area contributed by atoms with Crippen molar-refractivity contribution in [2.45, 2.75) is 76.7 Å². The Morgan fingerprint density at radius 3 is 2.73 bits per heavy atom. The Morgan fingerprint density at radius 1 is 1.19 bits per heavy atom. The maximum absolute atomic E-state index is 12.7. The lowest BCUT2D eigenvalue weighted by atomic mass is 9.71. The van der Waals surface area contributed by atoms with Crippen molar-refractivity contribution < 1.29 is 4.79 Å². The van der Waals surface area contributed by atoms with Crippen molar-refractivity contribution in [3.05, 3.63) is 11.3 Å². The second-order valence-corrected chi connectivity index (χ2v) is 8.73. The van der Waals surface area contributed by atoms with E-state index in [2.05, 4.69) is 31.0 Å². The van der Waals surface area contributed by atoms with Crippen LogP contribution in [-0.2, 0) is 11.3 Å².